The lowest BCUT2D eigenvalue weighted by Gasteiger charge is -2.31. The number of halogens is 1. The molecule has 2 nitrogen and oxygen atoms in total. The van der Waals surface area contributed by atoms with Crippen LogP contribution in [0, 0.1) is 0 Å². The Balaban J connectivity index is 2.06. The quantitative estimate of drug-likeness (QED) is 0.748. The van der Waals surface area contributed by atoms with Crippen LogP contribution in [0.15, 0.2) is 60.8 Å². The minimum atomic E-state index is -0.741. The Kier molecular flexibility index (Phi) is 2.98. The first-order chi connectivity index (χ1) is 11.1. The number of hydrogen-bond donors (Lipinski definition) is 1. The van der Waals surface area contributed by atoms with Gasteiger partial charge in [0, 0.05) is 27.6 Å². The third-order valence-corrected chi connectivity index (χ3v) is 4.30. The van der Waals surface area contributed by atoms with Crippen LogP contribution >= 0.6 is 0 Å². The molecule has 1 aromatic heterocycles. The zero-order chi connectivity index (χ0) is 16.0. The van der Waals surface area contributed by atoms with Gasteiger partial charge in [-0.25, -0.2) is 4.39 Å². The average Bonchev–Trinajstić information content (AvgIpc) is 2.58. The molecule has 0 radical (unpaired) electrons. The SMILES string of the molecule is CC1(C)NC(c2cnc3ccccc3c2)=c2ccccc2=C1F. The molecule has 23 heavy (non-hydrogen) atoms. The van der Waals surface area contributed by atoms with Crippen LogP contribution in [0.2, 0.25) is 0 Å². The first kappa shape index (κ1) is 13.9. The van der Waals surface area contributed by atoms with Gasteiger partial charge in [0.05, 0.1) is 16.8 Å². The second-order valence-corrected chi connectivity index (χ2v) is 6.40. The number of aromatic nitrogens is 1. The lowest BCUT2D eigenvalue weighted by atomic mass is 9.94. The monoisotopic (exact) mass is 304 g/mol. The number of pyridine rings is 1. The molecule has 0 atom stereocenters. The molecule has 0 amide bonds. The van der Waals surface area contributed by atoms with Gasteiger partial charge in [0.2, 0.25) is 0 Å². The fourth-order valence-corrected chi connectivity index (χ4v) is 3.10. The summed E-state index contributed by atoms with van der Waals surface area (Å²) in [6.45, 7) is 3.71. The van der Waals surface area contributed by atoms with Crippen LogP contribution < -0.4 is 15.8 Å². The van der Waals surface area contributed by atoms with Crippen molar-refractivity contribution < 1.29 is 4.39 Å². The highest BCUT2D eigenvalue weighted by molar-refractivity contribution is 5.83. The predicted octanol–water partition coefficient (Wildman–Crippen LogP) is 2.85. The van der Waals surface area contributed by atoms with Crippen LogP contribution in [0.3, 0.4) is 0 Å². The van der Waals surface area contributed by atoms with E-state index in [9.17, 15) is 4.39 Å². The topological polar surface area (TPSA) is 24.9 Å². The molecule has 4 rings (SSSR count). The van der Waals surface area contributed by atoms with Gasteiger partial charge in [-0.3, -0.25) is 4.98 Å². The number of benzene rings is 2. The van der Waals surface area contributed by atoms with Gasteiger partial charge in [0.15, 0.2) is 0 Å². The van der Waals surface area contributed by atoms with Crippen molar-refractivity contribution in [3.8, 4) is 0 Å². The van der Waals surface area contributed by atoms with Gasteiger partial charge in [0.1, 0.15) is 5.83 Å². The van der Waals surface area contributed by atoms with Gasteiger partial charge in [-0.05, 0) is 26.0 Å². The van der Waals surface area contributed by atoms with Crippen molar-refractivity contribution in [2.75, 3.05) is 0 Å². The van der Waals surface area contributed by atoms with E-state index in [1.807, 2.05) is 68.6 Å². The standard InChI is InChI=1S/C20H17FN2/c1-20(2)19(21)16-9-5-4-8-15(16)18(23-20)14-11-13-7-3-6-10-17(13)22-12-14/h3-12,23H,1-2H3. The summed E-state index contributed by atoms with van der Waals surface area (Å²) in [6.07, 6.45) is 1.85. The Morgan fingerprint density at radius 2 is 1.65 bits per heavy atom. The van der Waals surface area contributed by atoms with E-state index in [1.54, 1.807) is 0 Å². The van der Waals surface area contributed by atoms with E-state index in [-0.39, 0.29) is 5.83 Å². The van der Waals surface area contributed by atoms with E-state index in [0.29, 0.717) is 5.22 Å². The Hall–Kier alpha value is -2.68. The van der Waals surface area contributed by atoms with Gasteiger partial charge in [-0.2, -0.15) is 0 Å². The highest BCUT2D eigenvalue weighted by Gasteiger charge is 2.29. The molecule has 0 spiro atoms. The predicted molar refractivity (Wildman–Crippen MR) is 91.7 cm³/mol. The minimum Gasteiger partial charge on any atom is -0.373 e. The molecule has 2 heterocycles. The van der Waals surface area contributed by atoms with E-state index >= 15 is 0 Å². The highest BCUT2D eigenvalue weighted by atomic mass is 19.1. The fourth-order valence-electron chi connectivity index (χ4n) is 3.10. The number of nitrogens with zero attached hydrogens (tertiary/aromatic N) is 1. The Labute approximate surface area is 134 Å². The van der Waals surface area contributed by atoms with E-state index in [1.165, 1.54) is 0 Å². The molecule has 1 aliphatic heterocycles. The molecule has 1 aliphatic rings. The van der Waals surface area contributed by atoms with Gasteiger partial charge < -0.3 is 5.32 Å². The van der Waals surface area contributed by atoms with E-state index < -0.39 is 5.54 Å². The van der Waals surface area contributed by atoms with E-state index in [0.717, 1.165) is 27.4 Å². The molecule has 0 saturated carbocycles. The summed E-state index contributed by atoms with van der Waals surface area (Å²) in [5.74, 6) is -0.134. The van der Waals surface area contributed by atoms with E-state index in [4.69, 9.17) is 0 Å². The van der Waals surface area contributed by atoms with E-state index in [2.05, 4.69) is 16.4 Å². The third-order valence-electron chi connectivity index (χ3n) is 4.30. The van der Waals surface area contributed by atoms with Gasteiger partial charge >= 0.3 is 0 Å². The van der Waals surface area contributed by atoms with Gasteiger partial charge in [-0.1, -0.05) is 42.5 Å². The number of fused-ring (bicyclic) bond motifs is 2. The van der Waals surface area contributed by atoms with Crippen LogP contribution in [-0.4, -0.2) is 10.5 Å². The van der Waals surface area contributed by atoms with Crippen LogP contribution in [0.4, 0.5) is 4.39 Å². The Morgan fingerprint density at radius 1 is 0.957 bits per heavy atom. The lowest BCUT2D eigenvalue weighted by molar-refractivity contribution is 0.487. The fraction of sp³-hybridized carbons (Fsp3) is 0.150. The summed E-state index contributed by atoms with van der Waals surface area (Å²) in [4.78, 5) is 4.53. The largest absolute Gasteiger partial charge is 0.373 e. The molecule has 3 aromatic rings. The maximum atomic E-state index is 14.7. The zero-order valence-electron chi connectivity index (χ0n) is 13.1. The number of hydrogen-bond acceptors (Lipinski definition) is 2. The van der Waals surface area contributed by atoms with Gasteiger partial charge in [0.25, 0.3) is 0 Å². The molecule has 3 heteroatoms. The molecule has 0 unspecified atom stereocenters. The number of para-hydroxylation sites is 1. The molecule has 0 aliphatic carbocycles. The van der Waals surface area contributed by atoms with Crippen molar-refractivity contribution in [3.05, 3.63) is 76.8 Å². The number of rotatable bonds is 1. The van der Waals surface area contributed by atoms with Crippen molar-refractivity contribution in [1.29, 1.82) is 0 Å². The second kappa shape index (κ2) is 4.92. The first-order valence-electron chi connectivity index (χ1n) is 7.69. The lowest BCUT2D eigenvalue weighted by Crippen LogP contribution is -2.51. The molecule has 114 valence electrons. The highest BCUT2D eigenvalue weighted by Crippen LogP contribution is 2.24. The smallest absolute Gasteiger partial charge is 0.133 e. The van der Waals surface area contributed by atoms with Crippen LogP contribution in [0.1, 0.15) is 19.4 Å². The maximum absolute atomic E-state index is 14.7. The summed E-state index contributed by atoms with van der Waals surface area (Å²) >= 11 is 0. The Bertz CT molecular complexity index is 1030. The molecular weight excluding hydrogens is 287 g/mol. The average molecular weight is 304 g/mol. The summed E-state index contributed by atoms with van der Waals surface area (Å²) < 4.78 is 14.7. The maximum Gasteiger partial charge on any atom is 0.133 e. The van der Waals surface area contributed by atoms with Crippen molar-refractivity contribution in [3.63, 3.8) is 0 Å². The van der Waals surface area contributed by atoms with Crippen LogP contribution in [0.5, 0.6) is 0 Å². The second-order valence-electron chi connectivity index (χ2n) is 6.40. The summed E-state index contributed by atoms with van der Waals surface area (Å²) in [5.41, 5.74) is 2.11. The van der Waals surface area contributed by atoms with Crippen molar-refractivity contribution in [2.45, 2.75) is 19.4 Å². The molecule has 1 N–H and O–H groups in total. The molecule has 0 fully saturated rings. The summed E-state index contributed by atoms with van der Waals surface area (Å²) in [7, 11) is 0. The third kappa shape index (κ3) is 2.20. The number of nitrogens with one attached hydrogen (secondary N) is 1. The first-order valence-corrected chi connectivity index (χ1v) is 7.69. The van der Waals surface area contributed by atoms with Crippen LogP contribution in [-0.2, 0) is 0 Å². The van der Waals surface area contributed by atoms with Gasteiger partial charge in [-0.15, -0.1) is 0 Å². The zero-order valence-corrected chi connectivity index (χ0v) is 13.1. The van der Waals surface area contributed by atoms with Crippen molar-refractivity contribution in [1.82, 2.24) is 10.3 Å². The van der Waals surface area contributed by atoms with Crippen molar-refractivity contribution >= 4 is 22.4 Å². The van der Waals surface area contributed by atoms with Crippen molar-refractivity contribution in [2.24, 2.45) is 0 Å². The molecule has 0 bridgehead atoms. The normalized spacial score (nSPS) is 16.1. The molecular formula is C20H17FN2. The minimum absolute atomic E-state index is 0.134. The van der Waals surface area contributed by atoms with Crippen LogP contribution in [0.25, 0.3) is 22.4 Å². The molecule has 0 saturated heterocycles. The molecule has 2 aromatic carbocycles. The summed E-state index contributed by atoms with van der Waals surface area (Å²) in [5, 5.41) is 5.95. The Morgan fingerprint density at radius 3 is 2.48 bits per heavy atom. The summed E-state index contributed by atoms with van der Waals surface area (Å²) in [6, 6.07) is 17.7.